The highest BCUT2D eigenvalue weighted by molar-refractivity contribution is 14.1. The molecule has 0 spiro atoms. The Morgan fingerprint density at radius 1 is 1.21 bits per heavy atom. The molecule has 0 aliphatic rings. The molecule has 0 heterocycles. The number of halogens is 1. The lowest BCUT2D eigenvalue weighted by atomic mass is 9.93. The zero-order chi connectivity index (χ0) is 14.5. The summed E-state index contributed by atoms with van der Waals surface area (Å²) in [4.78, 5) is 0. The second-order valence-electron chi connectivity index (χ2n) is 5.07. The highest BCUT2D eigenvalue weighted by Gasteiger charge is 2.20. The molecule has 19 heavy (non-hydrogen) atoms. The Balaban J connectivity index is 2.90. The Labute approximate surface area is 129 Å². The zero-order valence-electron chi connectivity index (χ0n) is 12.1. The summed E-state index contributed by atoms with van der Waals surface area (Å²) in [5, 5.41) is 10.3. The Morgan fingerprint density at radius 2 is 1.89 bits per heavy atom. The molecule has 0 amide bonds. The van der Waals surface area contributed by atoms with Crippen LogP contribution in [0, 0.1) is 6.92 Å². The molecule has 1 N–H and O–H groups in total. The molecule has 0 radical (unpaired) electrons. The van der Waals surface area contributed by atoms with Crippen LogP contribution in [0.3, 0.4) is 0 Å². The van der Waals surface area contributed by atoms with Gasteiger partial charge in [0.1, 0.15) is 11.5 Å². The summed E-state index contributed by atoms with van der Waals surface area (Å²) in [6.45, 7) is 3.90. The highest BCUT2D eigenvalue weighted by Crippen LogP contribution is 2.31. The minimum Gasteiger partial charge on any atom is -0.497 e. The second kappa shape index (κ2) is 7.33. The van der Waals surface area contributed by atoms with Crippen LogP contribution >= 0.6 is 22.6 Å². The van der Waals surface area contributed by atoms with E-state index in [-0.39, 0.29) is 0 Å². The Morgan fingerprint density at radius 3 is 2.42 bits per heavy atom. The monoisotopic (exact) mass is 378 g/mol. The first-order valence-electron chi connectivity index (χ1n) is 6.43. The first kappa shape index (κ1) is 16.6. The molecule has 3 nitrogen and oxygen atoms in total. The van der Waals surface area contributed by atoms with Crippen LogP contribution in [0.5, 0.6) is 11.5 Å². The lowest BCUT2D eigenvalue weighted by Crippen LogP contribution is -2.25. The lowest BCUT2D eigenvalue weighted by Gasteiger charge is -2.23. The topological polar surface area (TPSA) is 38.7 Å². The van der Waals surface area contributed by atoms with Gasteiger partial charge in [0.25, 0.3) is 0 Å². The molecule has 108 valence electrons. The number of hydrogen-bond donors (Lipinski definition) is 1. The molecule has 0 saturated carbocycles. The third kappa shape index (κ3) is 4.84. The van der Waals surface area contributed by atoms with Crippen molar-refractivity contribution in [3.8, 4) is 11.5 Å². The van der Waals surface area contributed by atoms with Gasteiger partial charge in [0.2, 0.25) is 0 Å². The van der Waals surface area contributed by atoms with E-state index in [2.05, 4.69) is 22.6 Å². The molecule has 0 aliphatic carbocycles. The average Bonchev–Trinajstić information content (AvgIpc) is 2.35. The van der Waals surface area contributed by atoms with Crippen molar-refractivity contribution in [3.05, 3.63) is 23.3 Å². The number of aryl methyl sites for hydroxylation is 2. The molecule has 4 heteroatoms. The smallest absolute Gasteiger partial charge is 0.125 e. The van der Waals surface area contributed by atoms with Gasteiger partial charge in [-0.15, -0.1) is 0 Å². The van der Waals surface area contributed by atoms with Crippen LogP contribution in [0.15, 0.2) is 12.1 Å². The summed E-state index contributed by atoms with van der Waals surface area (Å²) in [6, 6.07) is 3.96. The molecular weight excluding hydrogens is 355 g/mol. The Kier molecular flexibility index (Phi) is 6.39. The average molecular weight is 378 g/mol. The van der Waals surface area contributed by atoms with Crippen LogP contribution in [0.4, 0.5) is 0 Å². The van der Waals surface area contributed by atoms with Gasteiger partial charge >= 0.3 is 0 Å². The summed E-state index contributed by atoms with van der Waals surface area (Å²) >= 11 is 2.29. The van der Waals surface area contributed by atoms with Gasteiger partial charge in [-0.25, -0.2) is 0 Å². The van der Waals surface area contributed by atoms with Gasteiger partial charge in [0, 0.05) is 4.43 Å². The van der Waals surface area contributed by atoms with Crippen molar-refractivity contribution in [2.45, 2.75) is 38.7 Å². The van der Waals surface area contributed by atoms with Crippen molar-refractivity contribution in [2.75, 3.05) is 18.6 Å². The van der Waals surface area contributed by atoms with Gasteiger partial charge in [-0.1, -0.05) is 22.6 Å². The van der Waals surface area contributed by atoms with Gasteiger partial charge in [0.15, 0.2) is 0 Å². The maximum atomic E-state index is 10.3. The van der Waals surface area contributed by atoms with Crippen molar-refractivity contribution in [2.24, 2.45) is 0 Å². The molecule has 1 atom stereocenters. The minimum absolute atomic E-state index is 0.622. The number of alkyl halides is 1. The maximum absolute atomic E-state index is 10.3. The SMILES string of the molecule is COc1cc(C)c(OC)c(CC[C@](C)(O)CCI)c1. The largest absolute Gasteiger partial charge is 0.497 e. The van der Waals surface area contributed by atoms with Crippen LogP contribution < -0.4 is 9.47 Å². The fourth-order valence-corrected chi connectivity index (χ4v) is 3.30. The van der Waals surface area contributed by atoms with Gasteiger partial charge in [-0.3, -0.25) is 0 Å². The quantitative estimate of drug-likeness (QED) is 0.583. The van der Waals surface area contributed by atoms with E-state index >= 15 is 0 Å². The molecule has 0 aromatic heterocycles. The fraction of sp³-hybridized carbons (Fsp3) is 0.600. The first-order valence-corrected chi connectivity index (χ1v) is 7.96. The van der Waals surface area contributed by atoms with E-state index in [0.717, 1.165) is 46.3 Å². The van der Waals surface area contributed by atoms with Gasteiger partial charge in [-0.2, -0.15) is 0 Å². The summed E-state index contributed by atoms with van der Waals surface area (Å²) in [7, 11) is 3.35. The Hall–Kier alpha value is -0.490. The lowest BCUT2D eigenvalue weighted by molar-refractivity contribution is 0.0491. The van der Waals surface area contributed by atoms with E-state index in [9.17, 15) is 5.11 Å². The van der Waals surface area contributed by atoms with E-state index < -0.39 is 5.60 Å². The normalized spacial score (nSPS) is 14.0. The highest BCUT2D eigenvalue weighted by atomic mass is 127. The van der Waals surface area contributed by atoms with Crippen LogP contribution in [0.25, 0.3) is 0 Å². The van der Waals surface area contributed by atoms with Crippen molar-refractivity contribution in [1.82, 2.24) is 0 Å². The fourth-order valence-electron chi connectivity index (χ4n) is 2.14. The standard InChI is InChI=1S/C15H23IO3/c1-11-9-13(18-3)10-12(14(11)19-4)5-6-15(2,17)7-8-16/h9-10,17H,5-8H2,1-4H3/t15-/m0/s1. The number of methoxy groups -OCH3 is 2. The van der Waals surface area contributed by atoms with E-state index in [4.69, 9.17) is 9.47 Å². The third-order valence-electron chi connectivity index (χ3n) is 3.33. The second-order valence-corrected chi connectivity index (χ2v) is 6.15. The zero-order valence-corrected chi connectivity index (χ0v) is 14.3. The van der Waals surface area contributed by atoms with E-state index in [1.807, 2.05) is 26.0 Å². The van der Waals surface area contributed by atoms with Gasteiger partial charge in [-0.05, 0) is 56.4 Å². The summed E-state index contributed by atoms with van der Waals surface area (Å²) in [5.74, 6) is 1.73. The van der Waals surface area contributed by atoms with Crippen LogP contribution in [0.1, 0.15) is 30.9 Å². The number of hydrogen-bond acceptors (Lipinski definition) is 3. The number of aliphatic hydroxyl groups is 1. The number of ether oxygens (including phenoxy) is 2. The van der Waals surface area contributed by atoms with Gasteiger partial charge in [0.05, 0.1) is 19.8 Å². The molecule has 0 aliphatic heterocycles. The predicted octanol–water partition coefficient (Wildman–Crippen LogP) is 3.52. The molecule has 0 unspecified atom stereocenters. The maximum Gasteiger partial charge on any atom is 0.125 e. The van der Waals surface area contributed by atoms with Crippen molar-refractivity contribution in [1.29, 1.82) is 0 Å². The van der Waals surface area contributed by atoms with Crippen LogP contribution in [-0.2, 0) is 6.42 Å². The number of benzene rings is 1. The summed E-state index contributed by atoms with van der Waals surface area (Å²) in [5.41, 5.74) is 1.53. The molecule has 0 bridgehead atoms. The molecule has 1 aromatic rings. The summed E-state index contributed by atoms with van der Waals surface area (Å²) in [6.07, 6.45) is 2.31. The molecule has 1 rings (SSSR count). The van der Waals surface area contributed by atoms with E-state index in [1.165, 1.54) is 0 Å². The predicted molar refractivity (Wildman–Crippen MR) is 86.7 cm³/mol. The van der Waals surface area contributed by atoms with Crippen molar-refractivity contribution < 1.29 is 14.6 Å². The van der Waals surface area contributed by atoms with Crippen LogP contribution in [0.2, 0.25) is 0 Å². The molecular formula is C15H23IO3. The van der Waals surface area contributed by atoms with Gasteiger partial charge < -0.3 is 14.6 Å². The van der Waals surface area contributed by atoms with E-state index in [1.54, 1.807) is 14.2 Å². The van der Waals surface area contributed by atoms with Crippen molar-refractivity contribution in [3.63, 3.8) is 0 Å². The minimum atomic E-state index is -0.622. The Bertz CT molecular complexity index is 416. The molecule has 0 saturated heterocycles. The van der Waals surface area contributed by atoms with Crippen LogP contribution in [-0.4, -0.2) is 29.4 Å². The third-order valence-corrected chi connectivity index (χ3v) is 3.87. The number of rotatable bonds is 7. The van der Waals surface area contributed by atoms with Crippen molar-refractivity contribution >= 4 is 22.6 Å². The first-order chi connectivity index (χ1) is 8.93. The molecule has 0 fully saturated rings. The summed E-state index contributed by atoms with van der Waals surface area (Å²) < 4.78 is 11.7. The molecule has 1 aromatic carbocycles. The van der Waals surface area contributed by atoms with E-state index in [0.29, 0.717) is 0 Å².